The summed E-state index contributed by atoms with van der Waals surface area (Å²) in [6.07, 6.45) is 3.52. The monoisotopic (exact) mass is 444 g/mol. The molecule has 2 aromatic heterocycles. The van der Waals surface area contributed by atoms with Crippen LogP contribution in [0.4, 0.5) is 10.2 Å². The SMILES string of the molecule is COc1cccc(C2C(Nc3ccc4nnc(-c5ccccc5F)n4n3)CCN2C2CC2)c1. The van der Waals surface area contributed by atoms with Gasteiger partial charge in [-0.1, -0.05) is 24.3 Å². The first-order valence-electron chi connectivity index (χ1n) is 11.3. The number of hydrogen-bond acceptors (Lipinski definition) is 6. The third-order valence-electron chi connectivity index (χ3n) is 6.60. The number of hydrogen-bond donors (Lipinski definition) is 1. The van der Waals surface area contributed by atoms with Crippen LogP contribution in [0.25, 0.3) is 17.0 Å². The summed E-state index contributed by atoms with van der Waals surface area (Å²) in [5, 5.41) is 16.7. The fourth-order valence-corrected chi connectivity index (χ4v) is 4.90. The number of fused-ring (bicyclic) bond motifs is 1. The number of ether oxygens (including phenoxy) is 1. The Morgan fingerprint density at radius 2 is 1.88 bits per heavy atom. The average Bonchev–Trinajstić information content (AvgIpc) is 3.48. The maximum Gasteiger partial charge on any atom is 0.188 e. The van der Waals surface area contributed by atoms with Gasteiger partial charge in [0.1, 0.15) is 17.4 Å². The summed E-state index contributed by atoms with van der Waals surface area (Å²) in [5.74, 6) is 1.63. The van der Waals surface area contributed by atoms with Gasteiger partial charge in [0, 0.05) is 18.6 Å². The minimum absolute atomic E-state index is 0.191. The Kier molecular flexibility index (Phi) is 4.95. The second-order valence-corrected chi connectivity index (χ2v) is 8.72. The molecule has 2 atom stereocenters. The molecule has 168 valence electrons. The quantitative estimate of drug-likeness (QED) is 0.478. The Morgan fingerprint density at radius 3 is 2.70 bits per heavy atom. The smallest absolute Gasteiger partial charge is 0.188 e. The van der Waals surface area contributed by atoms with Crippen LogP contribution in [-0.4, -0.2) is 50.4 Å². The molecule has 33 heavy (non-hydrogen) atoms. The van der Waals surface area contributed by atoms with E-state index in [1.165, 1.54) is 24.5 Å². The first kappa shape index (κ1) is 20.1. The van der Waals surface area contributed by atoms with Gasteiger partial charge in [0.25, 0.3) is 0 Å². The number of nitrogens with one attached hydrogen (secondary N) is 1. The summed E-state index contributed by atoms with van der Waals surface area (Å²) in [5.41, 5.74) is 2.20. The number of benzene rings is 2. The first-order valence-corrected chi connectivity index (χ1v) is 11.3. The minimum Gasteiger partial charge on any atom is -0.497 e. The molecule has 2 fully saturated rings. The van der Waals surface area contributed by atoms with Crippen molar-refractivity contribution in [1.29, 1.82) is 0 Å². The first-order chi connectivity index (χ1) is 16.2. The molecule has 4 aromatic rings. The zero-order valence-electron chi connectivity index (χ0n) is 18.4. The van der Waals surface area contributed by atoms with E-state index in [0.717, 1.165) is 24.5 Å². The lowest BCUT2D eigenvalue weighted by Crippen LogP contribution is -2.33. The highest BCUT2D eigenvalue weighted by molar-refractivity contribution is 5.60. The van der Waals surface area contributed by atoms with Gasteiger partial charge >= 0.3 is 0 Å². The number of methoxy groups -OCH3 is 1. The van der Waals surface area contributed by atoms with Crippen LogP contribution in [0.15, 0.2) is 60.7 Å². The lowest BCUT2D eigenvalue weighted by Gasteiger charge is -2.29. The van der Waals surface area contributed by atoms with E-state index in [4.69, 9.17) is 9.84 Å². The summed E-state index contributed by atoms with van der Waals surface area (Å²) >= 11 is 0. The third kappa shape index (κ3) is 3.70. The fraction of sp³-hybridized carbons (Fsp3) is 0.320. The number of halogens is 1. The molecular weight excluding hydrogens is 419 g/mol. The minimum atomic E-state index is -0.346. The molecule has 8 heteroatoms. The van der Waals surface area contributed by atoms with Gasteiger partial charge in [0.2, 0.25) is 0 Å². The van der Waals surface area contributed by atoms with Crippen LogP contribution in [0.5, 0.6) is 5.75 Å². The number of aromatic nitrogens is 4. The largest absolute Gasteiger partial charge is 0.497 e. The van der Waals surface area contributed by atoms with Gasteiger partial charge in [-0.25, -0.2) is 4.39 Å². The molecule has 1 aliphatic carbocycles. The summed E-state index contributed by atoms with van der Waals surface area (Å²) < 4.78 is 21.5. The van der Waals surface area contributed by atoms with Crippen LogP contribution in [0.3, 0.4) is 0 Å². The van der Waals surface area contributed by atoms with Gasteiger partial charge in [-0.3, -0.25) is 4.90 Å². The molecule has 3 heterocycles. The van der Waals surface area contributed by atoms with Crippen molar-refractivity contribution in [2.24, 2.45) is 0 Å². The molecule has 7 nitrogen and oxygen atoms in total. The molecule has 0 bridgehead atoms. The molecule has 1 saturated carbocycles. The maximum atomic E-state index is 14.4. The van der Waals surface area contributed by atoms with E-state index in [1.54, 1.807) is 29.8 Å². The average molecular weight is 445 g/mol. The van der Waals surface area contributed by atoms with Gasteiger partial charge in [-0.15, -0.1) is 15.3 Å². The summed E-state index contributed by atoms with van der Waals surface area (Å²) in [6.45, 7) is 1.04. The number of rotatable bonds is 6. The Balaban J connectivity index is 1.34. The van der Waals surface area contributed by atoms with Crippen molar-refractivity contribution in [2.75, 3.05) is 19.0 Å². The van der Waals surface area contributed by atoms with Crippen molar-refractivity contribution >= 4 is 11.5 Å². The van der Waals surface area contributed by atoms with E-state index >= 15 is 0 Å². The second kappa shape index (κ2) is 8.12. The number of anilines is 1. The van der Waals surface area contributed by atoms with Crippen molar-refractivity contribution in [3.63, 3.8) is 0 Å². The van der Waals surface area contributed by atoms with E-state index < -0.39 is 0 Å². The molecule has 2 aliphatic rings. The van der Waals surface area contributed by atoms with Crippen LogP contribution in [0.2, 0.25) is 0 Å². The number of likely N-dealkylation sites (tertiary alicyclic amines) is 1. The predicted octanol–water partition coefficient (Wildman–Crippen LogP) is 4.33. The lowest BCUT2D eigenvalue weighted by molar-refractivity contribution is 0.240. The summed E-state index contributed by atoms with van der Waals surface area (Å²) in [6, 6.07) is 19.7. The summed E-state index contributed by atoms with van der Waals surface area (Å²) in [7, 11) is 1.70. The van der Waals surface area contributed by atoms with Crippen LogP contribution >= 0.6 is 0 Å². The Bertz CT molecular complexity index is 1300. The Labute approximate surface area is 191 Å². The van der Waals surface area contributed by atoms with E-state index in [2.05, 4.69) is 38.6 Å². The van der Waals surface area contributed by atoms with Crippen molar-refractivity contribution in [3.8, 4) is 17.1 Å². The Morgan fingerprint density at radius 1 is 1.00 bits per heavy atom. The molecule has 0 radical (unpaired) electrons. The van der Waals surface area contributed by atoms with Gasteiger partial charge in [0.15, 0.2) is 11.5 Å². The number of nitrogens with zero attached hydrogens (tertiary/aromatic N) is 5. The molecule has 0 spiro atoms. The molecule has 0 amide bonds. The fourth-order valence-electron chi connectivity index (χ4n) is 4.90. The third-order valence-corrected chi connectivity index (χ3v) is 6.60. The predicted molar refractivity (Wildman–Crippen MR) is 124 cm³/mol. The van der Waals surface area contributed by atoms with Gasteiger partial charge in [-0.2, -0.15) is 4.52 Å². The van der Waals surface area contributed by atoms with Crippen LogP contribution in [0.1, 0.15) is 30.9 Å². The van der Waals surface area contributed by atoms with Crippen molar-refractivity contribution in [1.82, 2.24) is 24.7 Å². The van der Waals surface area contributed by atoms with Crippen molar-refractivity contribution in [2.45, 2.75) is 37.4 Å². The summed E-state index contributed by atoms with van der Waals surface area (Å²) in [4.78, 5) is 2.61. The van der Waals surface area contributed by atoms with Gasteiger partial charge in [0.05, 0.1) is 18.7 Å². The molecule has 6 rings (SSSR count). The Hall–Kier alpha value is -3.52. The van der Waals surface area contributed by atoms with E-state index in [9.17, 15) is 4.39 Å². The van der Waals surface area contributed by atoms with Crippen LogP contribution in [-0.2, 0) is 0 Å². The van der Waals surface area contributed by atoms with E-state index in [0.29, 0.717) is 23.1 Å². The maximum absolute atomic E-state index is 14.4. The zero-order chi connectivity index (χ0) is 22.4. The topological polar surface area (TPSA) is 67.6 Å². The second-order valence-electron chi connectivity index (χ2n) is 8.72. The van der Waals surface area contributed by atoms with Crippen LogP contribution < -0.4 is 10.1 Å². The van der Waals surface area contributed by atoms with Crippen molar-refractivity contribution < 1.29 is 9.13 Å². The van der Waals surface area contributed by atoms with Crippen molar-refractivity contribution in [3.05, 3.63) is 72.0 Å². The molecular formula is C25H25FN6O. The normalized spacial score (nSPS) is 20.9. The van der Waals surface area contributed by atoms with Crippen LogP contribution in [0, 0.1) is 5.82 Å². The highest BCUT2D eigenvalue weighted by atomic mass is 19.1. The molecule has 1 N–H and O–H groups in total. The molecule has 2 aromatic carbocycles. The zero-order valence-corrected chi connectivity index (χ0v) is 18.4. The van der Waals surface area contributed by atoms with E-state index in [1.807, 2.05) is 18.2 Å². The highest BCUT2D eigenvalue weighted by Gasteiger charge is 2.43. The highest BCUT2D eigenvalue weighted by Crippen LogP contribution is 2.42. The molecule has 1 aliphatic heterocycles. The molecule has 2 unspecified atom stereocenters. The lowest BCUT2D eigenvalue weighted by atomic mass is 9.99. The standard InChI is InChI=1S/C25H25FN6O/c1-33-18-6-4-5-16(15-18)24-21(13-14-31(24)17-9-10-17)27-22-11-12-23-28-29-25(32(23)30-22)19-7-2-3-8-20(19)26/h2-8,11-12,15,17,21,24H,9-10,13-14H2,1H3,(H,27,30). The van der Waals surface area contributed by atoms with Gasteiger partial charge < -0.3 is 10.1 Å². The van der Waals surface area contributed by atoms with Gasteiger partial charge in [-0.05, 0) is 61.2 Å². The molecule has 1 saturated heterocycles. The van der Waals surface area contributed by atoms with E-state index in [-0.39, 0.29) is 17.9 Å².